The van der Waals surface area contributed by atoms with Crippen molar-refractivity contribution in [2.45, 2.75) is 24.6 Å². The van der Waals surface area contributed by atoms with Gasteiger partial charge in [-0.3, -0.25) is 19.3 Å². The van der Waals surface area contributed by atoms with Crippen molar-refractivity contribution < 1.29 is 28.2 Å². The van der Waals surface area contributed by atoms with E-state index in [4.69, 9.17) is 9.47 Å². The van der Waals surface area contributed by atoms with Crippen LogP contribution in [0, 0.1) is 5.82 Å². The summed E-state index contributed by atoms with van der Waals surface area (Å²) in [7, 11) is 3.56. The van der Waals surface area contributed by atoms with Gasteiger partial charge in [0.15, 0.2) is 0 Å². The highest BCUT2D eigenvalue weighted by atomic mass is 19.1. The summed E-state index contributed by atoms with van der Waals surface area (Å²) in [4.78, 5) is 47.9. The minimum atomic E-state index is -1.05. The molecule has 0 aliphatic carbocycles. The van der Waals surface area contributed by atoms with Crippen molar-refractivity contribution in [3.05, 3.63) is 65.5 Å². The van der Waals surface area contributed by atoms with Crippen LogP contribution in [0.1, 0.15) is 33.6 Å². The summed E-state index contributed by atoms with van der Waals surface area (Å²) < 4.78 is 25.6. The molecule has 3 fully saturated rings. The zero-order chi connectivity index (χ0) is 26.9. The first-order valence-corrected chi connectivity index (χ1v) is 13.0. The Morgan fingerprint density at radius 1 is 0.895 bits per heavy atom. The van der Waals surface area contributed by atoms with Gasteiger partial charge in [0.2, 0.25) is 5.91 Å². The van der Waals surface area contributed by atoms with Crippen LogP contribution in [0.4, 0.5) is 4.39 Å². The van der Waals surface area contributed by atoms with Crippen molar-refractivity contribution in [1.29, 1.82) is 0 Å². The van der Waals surface area contributed by atoms with E-state index in [-0.39, 0.29) is 24.0 Å². The summed E-state index contributed by atoms with van der Waals surface area (Å²) in [5, 5.41) is 0. The highest BCUT2D eigenvalue weighted by Gasteiger charge is 2.55. The van der Waals surface area contributed by atoms with Crippen LogP contribution in [0.15, 0.2) is 48.5 Å². The summed E-state index contributed by atoms with van der Waals surface area (Å²) in [6.07, 6.45) is 0.687. The molecule has 3 saturated heterocycles. The molecule has 202 valence electrons. The zero-order valence-electron chi connectivity index (χ0n) is 21.8. The second-order valence-corrected chi connectivity index (χ2v) is 10.1. The fraction of sp³-hybridized carbons (Fsp3) is 0.464. The normalized spacial score (nSPS) is 21.6. The van der Waals surface area contributed by atoms with Crippen molar-refractivity contribution >= 4 is 17.7 Å². The number of likely N-dealkylation sites (tertiary alicyclic amines) is 1. The first-order chi connectivity index (χ1) is 18.3. The number of piperazine rings is 1. The second kappa shape index (κ2) is 10.7. The highest BCUT2D eigenvalue weighted by Crippen LogP contribution is 2.39. The number of methoxy groups -OCH3 is 1. The molecule has 2 aromatic carbocycles. The van der Waals surface area contributed by atoms with Crippen molar-refractivity contribution in [1.82, 2.24) is 19.6 Å². The van der Waals surface area contributed by atoms with E-state index < -0.39 is 23.5 Å². The maximum Gasteiger partial charge on any atom is 0.256 e. The molecule has 0 N–H and O–H groups in total. The van der Waals surface area contributed by atoms with Crippen LogP contribution in [0.2, 0.25) is 0 Å². The largest absolute Gasteiger partial charge is 0.497 e. The van der Waals surface area contributed by atoms with E-state index in [9.17, 15) is 18.8 Å². The molecular formula is C28H33FN4O5. The van der Waals surface area contributed by atoms with Gasteiger partial charge in [0.05, 0.1) is 13.7 Å². The number of benzene rings is 2. The van der Waals surface area contributed by atoms with E-state index in [0.717, 1.165) is 13.1 Å². The molecule has 0 unspecified atom stereocenters. The van der Waals surface area contributed by atoms with Gasteiger partial charge in [0.1, 0.15) is 23.3 Å². The Kier molecular flexibility index (Phi) is 7.36. The monoisotopic (exact) mass is 524 g/mol. The van der Waals surface area contributed by atoms with Gasteiger partial charge < -0.3 is 24.2 Å². The Bertz CT molecular complexity index is 1210. The Labute approximate surface area is 221 Å². The molecule has 0 saturated carbocycles. The van der Waals surface area contributed by atoms with Gasteiger partial charge in [-0.1, -0.05) is 12.1 Å². The highest BCUT2D eigenvalue weighted by molar-refractivity contribution is 5.98. The number of ether oxygens (including phenoxy) is 2. The zero-order valence-corrected chi connectivity index (χ0v) is 21.8. The first kappa shape index (κ1) is 26.1. The van der Waals surface area contributed by atoms with Crippen molar-refractivity contribution in [2.24, 2.45) is 0 Å². The molecule has 0 bridgehead atoms. The summed E-state index contributed by atoms with van der Waals surface area (Å²) >= 11 is 0. The fourth-order valence-corrected chi connectivity index (χ4v) is 5.55. The van der Waals surface area contributed by atoms with E-state index in [1.54, 1.807) is 47.2 Å². The maximum atomic E-state index is 14.1. The number of nitrogens with zero attached hydrogens (tertiary/aromatic N) is 4. The lowest BCUT2D eigenvalue weighted by Gasteiger charge is -2.45. The Morgan fingerprint density at radius 3 is 2.21 bits per heavy atom. The van der Waals surface area contributed by atoms with Gasteiger partial charge in [-0.05, 0) is 43.4 Å². The molecule has 2 aromatic rings. The average Bonchev–Trinajstić information content (AvgIpc) is 3.31. The molecular weight excluding hydrogens is 491 g/mol. The number of hydrogen-bond donors (Lipinski definition) is 0. The van der Waals surface area contributed by atoms with Crippen LogP contribution >= 0.6 is 0 Å². The predicted octanol–water partition coefficient (Wildman–Crippen LogP) is 2.08. The molecule has 3 aliphatic rings. The number of likely N-dealkylation sites (N-methyl/N-ethyl adjacent to an activating group) is 1. The van der Waals surface area contributed by atoms with E-state index in [2.05, 4.69) is 4.90 Å². The number of halogens is 1. The number of amides is 3. The van der Waals surface area contributed by atoms with Crippen molar-refractivity contribution in [3.63, 3.8) is 0 Å². The third-order valence-electron chi connectivity index (χ3n) is 7.80. The van der Waals surface area contributed by atoms with Crippen LogP contribution in [0.5, 0.6) is 5.75 Å². The van der Waals surface area contributed by atoms with Gasteiger partial charge in [-0.25, -0.2) is 4.39 Å². The molecule has 0 radical (unpaired) electrons. The minimum absolute atomic E-state index is 0.0655. The van der Waals surface area contributed by atoms with Crippen LogP contribution in [0.25, 0.3) is 0 Å². The molecule has 5 rings (SSSR count). The number of piperidine rings is 1. The van der Waals surface area contributed by atoms with Gasteiger partial charge in [-0.15, -0.1) is 0 Å². The Morgan fingerprint density at radius 2 is 1.55 bits per heavy atom. The van der Waals surface area contributed by atoms with Crippen LogP contribution < -0.4 is 4.74 Å². The molecule has 1 spiro atoms. The van der Waals surface area contributed by atoms with Gasteiger partial charge >= 0.3 is 0 Å². The topological polar surface area (TPSA) is 82.6 Å². The Hall–Kier alpha value is -3.50. The Balaban J connectivity index is 1.38. The SMILES string of the molecule is COc1cccc(C(=O)N2CCC3(CC2)OC[C@H](C(=O)N2CCN(C)CC2)N3C(=O)c2cccc(F)c2)c1. The molecule has 1 atom stereocenters. The standard InChI is InChI=1S/C28H33FN4O5/c1-30-13-15-32(16-14-30)27(36)24-19-38-28(33(24)26(35)20-5-3-7-22(29)17-20)9-11-31(12-10-28)25(34)21-6-4-8-23(18-21)37-2/h3-8,17-18,24H,9-16,19H2,1-2H3/t24-/m1/s1. The minimum Gasteiger partial charge on any atom is -0.497 e. The second-order valence-electron chi connectivity index (χ2n) is 10.1. The fourth-order valence-electron chi connectivity index (χ4n) is 5.55. The molecule has 3 aliphatic heterocycles. The third kappa shape index (κ3) is 4.98. The summed E-state index contributed by atoms with van der Waals surface area (Å²) in [6.45, 7) is 3.41. The lowest BCUT2D eigenvalue weighted by molar-refractivity contribution is -0.139. The lowest BCUT2D eigenvalue weighted by Crippen LogP contribution is -2.61. The van der Waals surface area contributed by atoms with Crippen LogP contribution in [-0.4, -0.2) is 109 Å². The van der Waals surface area contributed by atoms with E-state index in [1.165, 1.54) is 23.1 Å². The van der Waals surface area contributed by atoms with E-state index >= 15 is 0 Å². The predicted molar refractivity (Wildman–Crippen MR) is 137 cm³/mol. The van der Waals surface area contributed by atoms with Gasteiger partial charge in [0, 0.05) is 63.2 Å². The molecule has 38 heavy (non-hydrogen) atoms. The van der Waals surface area contributed by atoms with Crippen molar-refractivity contribution in [2.75, 3.05) is 60.0 Å². The quantitative estimate of drug-likeness (QED) is 0.609. The number of rotatable bonds is 4. The maximum absolute atomic E-state index is 14.1. The smallest absolute Gasteiger partial charge is 0.256 e. The third-order valence-corrected chi connectivity index (χ3v) is 7.80. The average molecular weight is 525 g/mol. The molecule has 3 amide bonds. The van der Waals surface area contributed by atoms with E-state index in [0.29, 0.717) is 50.3 Å². The summed E-state index contributed by atoms with van der Waals surface area (Å²) in [6, 6.07) is 11.7. The number of hydrogen-bond acceptors (Lipinski definition) is 6. The number of carbonyl (C=O) groups is 3. The van der Waals surface area contributed by atoms with Crippen LogP contribution in [-0.2, 0) is 9.53 Å². The lowest BCUT2D eigenvalue weighted by atomic mass is 9.96. The number of carbonyl (C=O) groups excluding carboxylic acids is 3. The molecule has 3 heterocycles. The van der Waals surface area contributed by atoms with Crippen LogP contribution in [0.3, 0.4) is 0 Å². The van der Waals surface area contributed by atoms with Gasteiger partial charge in [-0.2, -0.15) is 0 Å². The van der Waals surface area contributed by atoms with E-state index in [1.807, 2.05) is 7.05 Å². The van der Waals surface area contributed by atoms with Gasteiger partial charge in [0.25, 0.3) is 11.8 Å². The summed E-state index contributed by atoms with van der Waals surface area (Å²) in [5.41, 5.74) is -0.369. The van der Waals surface area contributed by atoms with Crippen molar-refractivity contribution in [3.8, 4) is 5.75 Å². The summed E-state index contributed by atoms with van der Waals surface area (Å²) in [5.74, 6) is -0.660. The molecule has 10 heteroatoms. The molecule has 9 nitrogen and oxygen atoms in total. The molecule has 0 aromatic heterocycles. The first-order valence-electron chi connectivity index (χ1n) is 13.0.